The Bertz CT molecular complexity index is 510. The molecule has 0 saturated heterocycles. The molecule has 4 heteroatoms. The molecule has 0 N–H and O–H groups in total. The molecular weight excluding hydrogens is 224 g/mol. The average molecular weight is 236 g/mol. The van der Waals surface area contributed by atoms with Gasteiger partial charge >= 0.3 is 0 Å². The number of pyridine rings is 1. The topological polar surface area (TPSA) is 25.8 Å². The molecule has 0 aliphatic heterocycles. The Morgan fingerprint density at radius 3 is 3.00 bits per heavy atom. The number of aryl methyl sites for hydroxylation is 1. The van der Waals surface area contributed by atoms with E-state index in [4.69, 9.17) is 0 Å². The van der Waals surface area contributed by atoms with Crippen molar-refractivity contribution >= 4 is 33.4 Å². The largest absolute Gasteiger partial charge is 0.236 e. The number of hydrogen-bond donors (Lipinski definition) is 0. The molecule has 0 radical (unpaired) electrons. The van der Waals surface area contributed by atoms with Gasteiger partial charge in [-0.25, -0.2) is 9.97 Å². The Morgan fingerprint density at radius 2 is 2.27 bits per heavy atom. The number of hydrogen-bond acceptors (Lipinski definition) is 4. The molecule has 0 aliphatic carbocycles. The van der Waals surface area contributed by atoms with Crippen LogP contribution in [-0.2, 0) is 0 Å². The van der Waals surface area contributed by atoms with Crippen molar-refractivity contribution in [2.24, 2.45) is 0 Å². The van der Waals surface area contributed by atoms with E-state index in [0.717, 1.165) is 9.99 Å². The predicted octanol–water partition coefficient (Wildman–Crippen LogP) is 4.02. The van der Waals surface area contributed by atoms with Crippen molar-refractivity contribution in [2.45, 2.75) is 25.1 Å². The van der Waals surface area contributed by atoms with Gasteiger partial charge in [-0.3, -0.25) is 0 Å². The third-order valence-corrected chi connectivity index (χ3v) is 3.97. The molecular formula is C11H12N2S2. The second-order valence-corrected chi connectivity index (χ2v) is 5.77. The van der Waals surface area contributed by atoms with Gasteiger partial charge in [-0.2, -0.15) is 0 Å². The monoisotopic (exact) mass is 236 g/mol. The summed E-state index contributed by atoms with van der Waals surface area (Å²) in [4.78, 5) is 8.75. The molecule has 2 heterocycles. The van der Waals surface area contributed by atoms with Crippen molar-refractivity contribution in [1.29, 1.82) is 0 Å². The molecule has 2 nitrogen and oxygen atoms in total. The fourth-order valence-corrected chi connectivity index (χ4v) is 2.95. The van der Waals surface area contributed by atoms with E-state index in [0.29, 0.717) is 0 Å². The van der Waals surface area contributed by atoms with Gasteiger partial charge in [-0.1, -0.05) is 17.3 Å². The van der Waals surface area contributed by atoms with E-state index in [1.54, 1.807) is 23.1 Å². The van der Waals surface area contributed by atoms with Gasteiger partial charge in [0.25, 0.3) is 0 Å². The fourth-order valence-electron chi connectivity index (χ4n) is 1.12. The zero-order valence-corrected chi connectivity index (χ0v) is 10.6. The van der Waals surface area contributed by atoms with Crippen molar-refractivity contribution < 1.29 is 0 Å². The third kappa shape index (κ3) is 2.58. The molecule has 0 bridgehead atoms. The first-order chi connectivity index (χ1) is 7.15. The van der Waals surface area contributed by atoms with Gasteiger partial charge in [0.1, 0.15) is 0 Å². The van der Waals surface area contributed by atoms with E-state index in [2.05, 4.69) is 42.2 Å². The quantitative estimate of drug-likeness (QED) is 0.737. The molecule has 0 saturated carbocycles. The smallest absolute Gasteiger partial charge is 0.171 e. The summed E-state index contributed by atoms with van der Waals surface area (Å²) in [6.45, 7) is 6.22. The summed E-state index contributed by atoms with van der Waals surface area (Å²) in [5, 5.41) is 2.12. The number of rotatable bonds is 2. The summed E-state index contributed by atoms with van der Waals surface area (Å²) in [6, 6.07) is 2.13. The molecule has 0 aliphatic rings. The molecule has 0 unspecified atom stereocenters. The molecule has 0 fully saturated rings. The van der Waals surface area contributed by atoms with E-state index >= 15 is 0 Å². The molecule has 15 heavy (non-hydrogen) atoms. The van der Waals surface area contributed by atoms with Gasteiger partial charge in [0.15, 0.2) is 9.99 Å². The van der Waals surface area contributed by atoms with Crippen LogP contribution < -0.4 is 0 Å². The van der Waals surface area contributed by atoms with E-state index in [1.165, 1.54) is 15.8 Å². The SMILES string of the molecule is CC(C)=CSc1nc2ncc(C)cc2s1. The number of fused-ring (bicyclic) bond motifs is 1. The lowest BCUT2D eigenvalue weighted by Crippen LogP contribution is -1.77. The zero-order valence-electron chi connectivity index (χ0n) is 8.94. The normalized spacial score (nSPS) is 10.6. The number of allylic oxidation sites excluding steroid dienone is 1. The highest BCUT2D eigenvalue weighted by Gasteiger charge is 2.04. The summed E-state index contributed by atoms with van der Waals surface area (Å²) in [5.41, 5.74) is 3.34. The van der Waals surface area contributed by atoms with E-state index < -0.39 is 0 Å². The Kier molecular flexibility index (Phi) is 3.07. The summed E-state index contributed by atoms with van der Waals surface area (Å²) in [5.74, 6) is 0. The highest BCUT2D eigenvalue weighted by Crippen LogP contribution is 2.30. The minimum absolute atomic E-state index is 0.857. The van der Waals surface area contributed by atoms with Crippen LogP contribution in [0.3, 0.4) is 0 Å². The van der Waals surface area contributed by atoms with Crippen molar-refractivity contribution in [2.75, 3.05) is 0 Å². The van der Waals surface area contributed by atoms with Crippen molar-refractivity contribution in [3.05, 3.63) is 28.8 Å². The minimum atomic E-state index is 0.857. The van der Waals surface area contributed by atoms with Crippen LogP contribution in [0.4, 0.5) is 0 Å². The second kappa shape index (κ2) is 4.33. The first-order valence-corrected chi connectivity index (χ1v) is 6.38. The van der Waals surface area contributed by atoms with Crippen LogP contribution in [0.25, 0.3) is 10.3 Å². The lowest BCUT2D eigenvalue weighted by atomic mass is 10.3. The van der Waals surface area contributed by atoms with E-state index in [1.807, 2.05) is 6.20 Å². The molecule has 0 atom stereocenters. The third-order valence-electron chi connectivity index (χ3n) is 1.76. The molecule has 0 spiro atoms. The Balaban J connectivity index is 2.35. The number of nitrogens with zero attached hydrogens (tertiary/aromatic N) is 2. The Hall–Kier alpha value is -0.870. The fraction of sp³-hybridized carbons (Fsp3) is 0.273. The maximum Gasteiger partial charge on any atom is 0.171 e. The van der Waals surface area contributed by atoms with Crippen molar-refractivity contribution in [3.8, 4) is 0 Å². The first kappa shape index (κ1) is 10.6. The molecule has 0 amide bonds. The molecule has 78 valence electrons. The van der Waals surface area contributed by atoms with E-state index in [9.17, 15) is 0 Å². The Labute approximate surface area is 97.5 Å². The highest BCUT2D eigenvalue weighted by molar-refractivity contribution is 8.03. The number of aromatic nitrogens is 2. The maximum atomic E-state index is 4.45. The molecule has 2 aromatic heterocycles. The van der Waals surface area contributed by atoms with Crippen molar-refractivity contribution in [1.82, 2.24) is 9.97 Å². The van der Waals surface area contributed by atoms with Crippen LogP contribution in [0.5, 0.6) is 0 Å². The van der Waals surface area contributed by atoms with Gasteiger partial charge in [0.05, 0.1) is 4.70 Å². The maximum absolute atomic E-state index is 4.45. The summed E-state index contributed by atoms with van der Waals surface area (Å²) < 4.78 is 2.23. The van der Waals surface area contributed by atoms with Crippen LogP contribution in [0, 0.1) is 6.92 Å². The average Bonchev–Trinajstić information content (AvgIpc) is 2.56. The minimum Gasteiger partial charge on any atom is -0.236 e. The molecule has 2 aromatic rings. The number of thioether (sulfide) groups is 1. The number of thiazole rings is 1. The highest BCUT2D eigenvalue weighted by atomic mass is 32.2. The summed E-state index contributed by atoms with van der Waals surface area (Å²) in [7, 11) is 0. The Morgan fingerprint density at radius 1 is 1.47 bits per heavy atom. The molecule has 0 aromatic carbocycles. The lowest BCUT2D eigenvalue weighted by molar-refractivity contribution is 1.22. The van der Waals surface area contributed by atoms with Gasteiger partial charge in [-0.15, -0.1) is 11.3 Å². The zero-order chi connectivity index (χ0) is 10.8. The predicted molar refractivity (Wildman–Crippen MR) is 67.4 cm³/mol. The van der Waals surface area contributed by atoms with Crippen molar-refractivity contribution in [3.63, 3.8) is 0 Å². The lowest BCUT2D eigenvalue weighted by Gasteiger charge is -1.87. The first-order valence-electron chi connectivity index (χ1n) is 4.68. The van der Waals surface area contributed by atoms with Crippen LogP contribution in [0.15, 0.2) is 27.6 Å². The second-order valence-electron chi connectivity index (χ2n) is 3.63. The van der Waals surface area contributed by atoms with Gasteiger partial charge in [0, 0.05) is 6.20 Å². The summed E-state index contributed by atoms with van der Waals surface area (Å²) in [6.07, 6.45) is 1.86. The van der Waals surface area contributed by atoms with Crippen LogP contribution in [0.1, 0.15) is 19.4 Å². The van der Waals surface area contributed by atoms with Gasteiger partial charge in [-0.05, 0) is 37.8 Å². The van der Waals surface area contributed by atoms with Crippen LogP contribution >= 0.6 is 23.1 Å². The van der Waals surface area contributed by atoms with E-state index in [-0.39, 0.29) is 0 Å². The van der Waals surface area contributed by atoms with Crippen LogP contribution in [0.2, 0.25) is 0 Å². The van der Waals surface area contributed by atoms with Gasteiger partial charge in [0.2, 0.25) is 0 Å². The molecule has 2 rings (SSSR count). The standard InChI is InChI=1S/C11H12N2S2/c1-7(2)6-14-11-13-10-9(15-11)4-8(3)5-12-10/h4-6H,1-3H3. The summed E-state index contributed by atoms with van der Waals surface area (Å²) >= 11 is 3.36. The van der Waals surface area contributed by atoms with Gasteiger partial charge < -0.3 is 0 Å². The van der Waals surface area contributed by atoms with Crippen LogP contribution in [-0.4, -0.2) is 9.97 Å².